The maximum Gasteiger partial charge on any atom is 1.00 e. The molecule has 82 valence electrons. The molecule has 0 unspecified atom stereocenters. The van der Waals surface area contributed by atoms with Crippen LogP contribution in [0.25, 0.3) is 5.82 Å². The number of nitrogens with two attached hydrogens (primary N) is 1. The van der Waals surface area contributed by atoms with Gasteiger partial charge in [-0.25, -0.2) is 4.98 Å². The van der Waals surface area contributed by atoms with Crippen molar-refractivity contribution in [2.45, 2.75) is 6.92 Å². The standard InChI is InChI=1S/C10H10N4OS.Na/c1-6-2-3-12-8(4-6)14-7(11)5-9(15)13-10(14)16;/h2-5H,11H2,1H3,(H,13,15,16);/q;+1. The topological polar surface area (TPSA) is 76.7 Å². The summed E-state index contributed by atoms with van der Waals surface area (Å²) in [4.78, 5) is 17.8. The summed E-state index contributed by atoms with van der Waals surface area (Å²) in [6.07, 6.45) is 1.66. The average molecular weight is 257 g/mol. The molecule has 0 atom stereocenters. The molecule has 0 saturated carbocycles. The Hall–Kier alpha value is -0.950. The van der Waals surface area contributed by atoms with Crippen LogP contribution < -0.4 is 40.9 Å². The number of nitrogen functional groups attached to an aromatic ring is 1. The summed E-state index contributed by atoms with van der Waals surface area (Å²) in [6, 6.07) is 4.99. The van der Waals surface area contributed by atoms with Crippen LogP contribution in [0.3, 0.4) is 0 Å². The first kappa shape index (κ1) is 14.1. The molecule has 17 heavy (non-hydrogen) atoms. The smallest absolute Gasteiger partial charge is 0.385 e. The zero-order valence-corrected chi connectivity index (χ0v) is 12.4. The van der Waals surface area contributed by atoms with Gasteiger partial charge in [-0.2, -0.15) is 0 Å². The number of nitrogens with one attached hydrogen (secondary N) is 1. The van der Waals surface area contributed by atoms with E-state index >= 15 is 0 Å². The number of aromatic amines is 1. The predicted molar refractivity (Wildman–Crippen MR) is 64.2 cm³/mol. The van der Waals surface area contributed by atoms with E-state index in [-0.39, 0.29) is 45.7 Å². The van der Waals surface area contributed by atoms with Crippen LogP contribution in [-0.4, -0.2) is 14.5 Å². The molecule has 0 bridgehead atoms. The number of hydrogen-bond acceptors (Lipinski definition) is 4. The van der Waals surface area contributed by atoms with Crippen molar-refractivity contribution in [3.05, 3.63) is 45.1 Å². The first-order valence-corrected chi connectivity index (χ1v) is 5.03. The van der Waals surface area contributed by atoms with Crippen molar-refractivity contribution in [3.63, 3.8) is 0 Å². The molecule has 0 fully saturated rings. The Morgan fingerprint density at radius 3 is 2.76 bits per heavy atom. The van der Waals surface area contributed by atoms with Crippen LogP contribution in [0.1, 0.15) is 5.56 Å². The zero-order valence-electron chi connectivity index (χ0n) is 9.60. The van der Waals surface area contributed by atoms with E-state index < -0.39 is 0 Å². The van der Waals surface area contributed by atoms with Crippen LogP contribution >= 0.6 is 12.2 Å². The summed E-state index contributed by atoms with van der Waals surface area (Å²) in [6.45, 7) is 1.94. The van der Waals surface area contributed by atoms with E-state index in [1.165, 1.54) is 10.6 Å². The Bertz CT molecular complexity index is 649. The number of nitrogens with zero attached hydrogens (tertiary/aromatic N) is 2. The molecule has 0 saturated heterocycles. The minimum Gasteiger partial charge on any atom is -0.385 e. The molecule has 0 aliphatic rings. The number of H-pyrrole nitrogens is 1. The summed E-state index contributed by atoms with van der Waals surface area (Å²) < 4.78 is 1.76. The van der Waals surface area contributed by atoms with Gasteiger partial charge in [-0.3, -0.25) is 14.3 Å². The third kappa shape index (κ3) is 3.04. The van der Waals surface area contributed by atoms with Crippen LogP contribution in [0.5, 0.6) is 0 Å². The molecule has 0 aromatic carbocycles. The quantitative estimate of drug-likeness (QED) is 0.466. The number of pyridine rings is 1. The van der Waals surface area contributed by atoms with Gasteiger partial charge in [0.2, 0.25) is 0 Å². The molecular formula is C10H10N4NaOS+. The van der Waals surface area contributed by atoms with Gasteiger partial charge in [0.05, 0.1) is 0 Å². The zero-order chi connectivity index (χ0) is 11.7. The first-order valence-electron chi connectivity index (χ1n) is 4.63. The van der Waals surface area contributed by atoms with Crippen molar-refractivity contribution in [2.24, 2.45) is 0 Å². The second-order valence-electron chi connectivity index (χ2n) is 3.39. The average Bonchev–Trinajstić information content (AvgIpc) is 2.15. The number of aryl methyl sites for hydroxylation is 1. The van der Waals surface area contributed by atoms with Gasteiger partial charge in [-0.05, 0) is 36.8 Å². The number of anilines is 1. The molecule has 0 spiro atoms. The molecule has 2 heterocycles. The molecule has 7 heteroatoms. The predicted octanol–water partition coefficient (Wildman–Crippen LogP) is -1.82. The number of rotatable bonds is 1. The normalized spacial score (nSPS) is 9.71. The van der Waals surface area contributed by atoms with E-state index in [1.54, 1.807) is 6.20 Å². The third-order valence-electron chi connectivity index (χ3n) is 2.10. The third-order valence-corrected chi connectivity index (χ3v) is 2.39. The SMILES string of the molecule is Cc1ccnc(-n2c(N)cc(=O)[nH]c2=S)c1.[Na+]. The van der Waals surface area contributed by atoms with Crippen LogP contribution in [0.15, 0.2) is 29.2 Å². The van der Waals surface area contributed by atoms with Gasteiger partial charge < -0.3 is 5.73 Å². The van der Waals surface area contributed by atoms with Crippen LogP contribution in [-0.2, 0) is 0 Å². The Morgan fingerprint density at radius 1 is 1.47 bits per heavy atom. The van der Waals surface area contributed by atoms with Crippen LogP contribution in [0.2, 0.25) is 0 Å². The largest absolute Gasteiger partial charge is 1.00 e. The van der Waals surface area contributed by atoms with Crippen molar-refractivity contribution < 1.29 is 29.6 Å². The van der Waals surface area contributed by atoms with Gasteiger partial charge in [-0.1, -0.05) is 0 Å². The molecule has 0 aliphatic heterocycles. The second-order valence-corrected chi connectivity index (χ2v) is 3.78. The van der Waals surface area contributed by atoms with Gasteiger partial charge in [0, 0.05) is 12.3 Å². The fourth-order valence-electron chi connectivity index (χ4n) is 1.39. The van der Waals surface area contributed by atoms with Gasteiger partial charge in [0.25, 0.3) is 5.56 Å². The Labute approximate surface area is 125 Å². The van der Waals surface area contributed by atoms with E-state index in [1.807, 2.05) is 19.1 Å². The molecular weight excluding hydrogens is 247 g/mol. The fourth-order valence-corrected chi connectivity index (χ4v) is 1.69. The molecule has 0 amide bonds. The van der Waals surface area contributed by atoms with Crippen LogP contribution in [0, 0.1) is 11.7 Å². The molecule has 2 rings (SSSR count). The van der Waals surface area contributed by atoms with Crippen molar-refractivity contribution >= 4 is 18.0 Å². The summed E-state index contributed by atoms with van der Waals surface area (Å²) in [5.41, 5.74) is 6.47. The van der Waals surface area contributed by atoms with Gasteiger partial charge >= 0.3 is 29.6 Å². The van der Waals surface area contributed by atoms with E-state index in [4.69, 9.17) is 18.0 Å². The maximum absolute atomic E-state index is 11.1. The summed E-state index contributed by atoms with van der Waals surface area (Å²) in [7, 11) is 0. The van der Waals surface area contributed by atoms with E-state index in [9.17, 15) is 4.79 Å². The Balaban J connectivity index is 0.00000144. The Morgan fingerprint density at radius 2 is 2.18 bits per heavy atom. The van der Waals surface area contributed by atoms with Gasteiger partial charge in [0.1, 0.15) is 11.6 Å². The second kappa shape index (κ2) is 5.59. The van der Waals surface area contributed by atoms with E-state index in [0.29, 0.717) is 5.82 Å². The summed E-state index contributed by atoms with van der Waals surface area (Å²) in [5.74, 6) is 0.866. The number of hydrogen-bond donors (Lipinski definition) is 2. The van der Waals surface area contributed by atoms with E-state index in [2.05, 4.69) is 9.97 Å². The number of aromatic nitrogens is 3. The van der Waals surface area contributed by atoms with Crippen molar-refractivity contribution in [3.8, 4) is 5.82 Å². The molecule has 0 aliphatic carbocycles. The molecule has 3 N–H and O–H groups in total. The fraction of sp³-hybridized carbons (Fsp3) is 0.100. The Kier molecular flexibility index (Phi) is 4.64. The van der Waals surface area contributed by atoms with Gasteiger partial charge in [0.15, 0.2) is 4.77 Å². The molecule has 2 aromatic rings. The van der Waals surface area contributed by atoms with Crippen LogP contribution in [0.4, 0.5) is 5.82 Å². The van der Waals surface area contributed by atoms with Crippen molar-refractivity contribution in [1.82, 2.24) is 14.5 Å². The summed E-state index contributed by atoms with van der Waals surface area (Å²) >= 11 is 5.04. The van der Waals surface area contributed by atoms with Crippen molar-refractivity contribution in [1.29, 1.82) is 0 Å². The van der Waals surface area contributed by atoms with E-state index in [0.717, 1.165) is 5.56 Å². The summed E-state index contributed by atoms with van der Waals surface area (Å²) in [5, 5.41) is 0. The minimum absolute atomic E-state index is 0. The molecule has 5 nitrogen and oxygen atoms in total. The molecule has 0 radical (unpaired) electrons. The minimum atomic E-state index is -0.314. The van der Waals surface area contributed by atoms with Gasteiger partial charge in [-0.15, -0.1) is 0 Å². The maximum atomic E-state index is 11.1. The molecule has 2 aromatic heterocycles. The first-order chi connectivity index (χ1) is 7.58. The monoisotopic (exact) mass is 257 g/mol. The van der Waals surface area contributed by atoms with Crippen molar-refractivity contribution in [2.75, 3.05) is 5.73 Å².